The number of rotatable bonds is 4. The largest absolute Gasteiger partial charge is 0.573 e. The fraction of sp³-hybridized carbons (Fsp3) is 0.125. The van der Waals surface area contributed by atoms with Crippen LogP contribution in [0.4, 0.5) is 13.2 Å². The Labute approximate surface area is 130 Å². The second-order valence-electron chi connectivity index (χ2n) is 4.86. The summed E-state index contributed by atoms with van der Waals surface area (Å²) in [5, 5.41) is 8.06. The molecule has 23 heavy (non-hydrogen) atoms. The van der Waals surface area contributed by atoms with Gasteiger partial charge in [-0.2, -0.15) is 0 Å². The molecule has 1 heterocycles. The highest BCUT2D eigenvalue weighted by atomic mass is 19.4. The highest BCUT2D eigenvalue weighted by molar-refractivity contribution is 5.58. The minimum atomic E-state index is -4.69. The molecule has 0 spiro atoms. The summed E-state index contributed by atoms with van der Waals surface area (Å²) in [6, 6.07) is 15.3. The second-order valence-corrected chi connectivity index (χ2v) is 4.86. The lowest BCUT2D eigenvalue weighted by Crippen LogP contribution is -2.16. The Kier molecular flexibility index (Phi) is 4.01. The van der Waals surface area contributed by atoms with E-state index in [-0.39, 0.29) is 5.75 Å². The van der Waals surface area contributed by atoms with E-state index in [4.69, 9.17) is 0 Å². The zero-order valence-corrected chi connectivity index (χ0v) is 11.9. The molecule has 0 fully saturated rings. The Morgan fingerprint density at radius 3 is 2.30 bits per heavy atom. The average Bonchev–Trinajstić information content (AvgIpc) is 2.96. The smallest absolute Gasteiger partial charge is 0.406 e. The van der Waals surface area contributed by atoms with Crippen molar-refractivity contribution in [2.45, 2.75) is 12.9 Å². The second kappa shape index (κ2) is 6.12. The molecule has 1 aromatic heterocycles. The van der Waals surface area contributed by atoms with Crippen molar-refractivity contribution in [2.75, 3.05) is 0 Å². The molecular weight excluding hydrogens is 307 g/mol. The third kappa shape index (κ3) is 4.09. The van der Waals surface area contributed by atoms with Gasteiger partial charge in [0.25, 0.3) is 0 Å². The number of halogens is 3. The quantitative estimate of drug-likeness (QED) is 0.732. The van der Waals surface area contributed by atoms with E-state index in [9.17, 15) is 13.2 Å². The third-order valence-corrected chi connectivity index (χ3v) is 3.11. The van der Waals surface area contributed by atoms with Crippen molar-refractivity contribution in [1.29, 1.82) is 0 Å². The van der Waals surface area contributed by atoms with Crippen LogP contribution in [0.2, 0.25) is 0 Å². The van der Waals surface area contributed by atoms with Crippen LogP contribution in [0, 0.1) is 0 Å². The Morgan fingerprint density at radius 2 is 1.65 bits per heavy atom. The molecule has 3 aromatic rings. The van der Waals surface area contributed by atoms with Gasteiger partial charge in [0.2, 0.25) is 0 Å². The first kappa shape index (κ1) is 15.1. The summed E-state index contributed by atoms with van der Waals surface area (Å²) in [6.45, 7) is 0.573. The van der Waals surface area contributed by atoms with Gasteiger partial charge in [0.05, 0.1) is 12.7 Å². The van der Waals surface area contributed by atoms with E-state index in [0.29, 0.717) is 17.8 Å². The summed E-state index contributed by atoms with van der Waals surface area (Å²) in [6.07, 6.45) is -2.95. The van der Waals surface area contributed by atoms with Crippen LogP contribution in [0.5, 0.6) is 5.75 Å². The highest BCUT2D eigenvalue weighted by Gasteiger charge is 2.30. The lowest BCUT2D eigenvalue weighted by Gasteiger charge is -2.08. The summed E-state index contributed by atoms with van der Waals surface area (Å²) >= 11 is 0. The maximum atomic E-state index is 12.1. The van der Waals surface area contributed by atoms with E-state index in [1.165, 1.54) is 24.3 Å². The Bertz CT molecular complexity index is 767. The molecule has 4 nitrogen and oxygen atoms in total. The molecule has 0 atom stereocenters. The molecule has 3 rings (SSSR count). The first-order valence-electron chi connectivity index (χ1n) is 6.80. The number of benzene rings is 2. The molecule has 0 saturated carbocycles. The lowest BCUT2D eigenvalue weighted by atomic mass is 10.1. The lowest BCUT2D eigenvalue weighted by molar-refractivity contribution is -0.274. The monoisotopic (exact) mass is 319 g/mol. The van der Waals surface area contributed by atoms with E-state index >= 15 is 0 Å². The van der Waals surface area contributed by atoms with Crippen molar-refractivity contribution in [1.82, 2.24) is 15.0 Å². The maximum Gasteiger partial charge on any atom is 0.573 e. The number of aromatic nitrogens is 3. The molecule has 0 aliphatic carbocycles. The van der Waals surface area contributed by atoms with Crippen molar-refractivity contribution in [3.63, 3.8) is 0 Å². The molecule has 118 valence electrons. The van der Waals surface area contributed by atoms with Crippen LogP contribution >= 0.6 is 0 Å². The van der Waals surface area contributed by atoms with Crippen molar-refractivity contribution >= 4 is 0 Å². The predicted octanol–water partition coefficient (Wildman–Crippen LogP) is 3.89. The van der Waals surface area contributed by atoms with Gasteiger partial charge in [-0.15, -0.1) is 18.3 Å². The van der Waals surface area contributed by atoms with Crippen molar-refractivity contribution < 1.29 is 17.9 Å². The van der Waals surface area contributed by atoms with Crippen molar-refractivity contribution in [2.24, 2.45) is 0 Å². The molecule has 0 N–H and O–H groups in total. The third-order valence-electron chi connectivity index (χ3n) is 3.11. The summed E-state index contributed by atoms with van der Waals surface area (Å²) in [7, 11) is 0. The van der Waals surface area contributed by atoms with Gasteiger partial charge in [-0.3, -0.25) is 0 Å². The molecule has 2 aromatic carbocycles. The van der Waals surface area contributed by atoms with Gasteiger partial charge in [0.15, 0.2) is 0 Å². The Hall–Kier alpha value is -2.83. The molecule has 0 bridgehead atoms. The van der Waals surface area contributed by atoms with E-state index in [0.717, 1.165) is 5.56 Å². The summed E-state index contributed by atoms with van der Waals surface area (Å²) in [4.78, 5) is 0. The number of hydrogen-bond acceptors (Lipinski definition) is 3. The molecule has 0 unspecified atom stereocenters. The van der Waals surface area contributed by atoms with Crippen LogP contribution < -0.4 is 4.74 Å². The first-order valence-corrected chi connectivity index (χ1v) is 6.80. The predicted molar refractivity (Wildman–Crippen MR) is 77.7 cm³/mol. The molecule has 7 heteroatoms. The number of ether oxygens (including phenoxy) is 1. The van der Waals surface area contributed by atoms with Gasteiger partial charge >= 0.3 is 6.36 Å². The minimum Gasteiger partial charge on any atom is -0.406 e. The fourth-order valence-corrected chi connectivity index (χ4v) is 2.11. The van der Waals surface area contributed by atoms with Crippen molar-refractivity contribution in [3.05, 3.63) is 66.4 Å². The number of nitrogens with zero attached hydrogens (tertiary/aromatic N) is 3. The van der Waals surface area contributed by atoms with Crippen LogP contribution in [0.15, 0.2) is 60.8 Å². The minimum absolute atomic E-state index is 0.266. The molecular formula is C16H12F3N3O. The summed E-state index contributed by atoms with van der Waals surface area (Å²) in [5.74, 6) is -0.266. The molecule has 0 aliphatic heterocycles. The number of alkyl halides is 3. The SMILES string of the molecule is FC(F)(F)Oc1ccc(-c2cn(Cc3ccccc3)nn2)cc1. The van der Waals surface area contributed by atoms with E-state index < -0.39 is 6.36 Å². The number of hydrogen-bond donors (Lipinski definition) is 0. The van der Waals surface area contributed by atoms with Gasteiger partial charge in [-0.25, -0.2) is 4.68 Å². The van der Waals surface area contributed by atoms with Crippen LogP contribution in [0.3, 0.4) is 0 Å². The zero-order valence-electron chi connectivity index (χ0n) is 11.9. The van der Waals surface area contributed by atoms with Crippen LogP contribution in [0.1, 0.15) is 5.56 Å². The van der Waals surface area contributed by atoms with Crippen LogP contribution in [-0.4, -0.2) is 21.4 Å². The first-order chi connectivity index (χ1) is 11.0. The summed E-state index contributed by atoms with van der Waals surface area (Å²) in [5.41, 5.74) is 2.33. The van der Waals surface area contributed by atoms with Gasteiger partial charge in [0.1, 0.15) is 11.4 Å². The molecule has 0 amide bonds. The molecule has 0 saturated heterocycles. The molecule has 0 radical (unpaired) electrons. The topological polar surface area (TPSA) is 39.9 Å². The van der Waals surface area contributed by atoms with E-state index in [1.807, 2.05) is 30.3 Å². The highest BCUT2D eigenvalue weighted by Crippen LogP contribution is 2.25. The van der Waals surface area contributed by atoms with E-state index in [2.05, 4.69) is 15.0 Å². The Morgan fingerprint density at radius 1 is 0.957 bits per heavy atom. The molecule has 0 aliphatic rings. The van der Waals surface area contributed by atoms with Crippen molar-refractivity contribution in [3.8, 4) is 17.0 Å². The maximum absolute atomic E-state index is 12.1. The summed E-state index contributed by atoms with van der Waals surface area (Å²) < 4.78 is 41.9. The zero-order chi connectivity index (χ0) is 16.3. The Balaban J connectivity index is 1.73. The van der Waals surface area contributed by atoms with Crippen LogP contribution in [-0.2, 0) is 6.54 Å². The van der Waals surface area contributed by atoms with Crippen LogP contribution in [0.25, 0.3) is 11.3 Å². The van der Waals surface area contributed by atoms with Gasteiger partial charge < -0.3 is 4.74 Å². The van der Waals surface area contributed by atoms with Gasteiger partial charge in [-0.1, -0.05) is 35.5 Å². The average molecular weight is 319 g/mol. The van der Waals surface area contributed by atoms with Gasteiger partial charge in [-0.05, 0) is 29.8 Å². The normalized spacial score (nSPS) is 11.4. The van der Waals surface area contributed by atoms with Gasteiger partial charge in [0, 0.05) is 5.56 Å². The fourth-order valence-electron chi connectivity index (χ4n) is 2.11. The van der Waals surface area contributed by atoms with E-state index in [1.54, 1.807) is 10.9 Å². The standard InChI is InChI=1S/C16H12F3N3O/c17-16(18,19)23-14-8-6-13(7-9-14)15-11-22(21-20-15)10-12-4-2-1-3-5-12/h1-9,11H,10H2.